The highest BCUT2D eigenvalue weighted by atomic mass is 19.3. The highest BCUT2D eigenvalue weighted by Crippen LogP contribution is 2.21. The van der Waals surface area contributed by atoms with Gasteiger partial charge in [-0.2, -0.15) is 0 Å². The van der Waals surface area contributed by atoms with Crippen LogP contribution in [0.1, 0.15) is 112 Å². The summed E-state index contributed by atoms with van der Waals surface area (Å²) in [5, 5.41) is 0. The zero-order valence-corrected chi connectivity index (χ0v) is 20.3. The van der Waals surface area contributed by atoms with E-state index in [-0.39, 0.29) is 25.7 Å². The first-order valence-corrected chi connectivity index (χ1v) is 10.3. The van der Waals surface area contributed by atoms with Gasteiger partial charge >= 0.3 is 0 Å². The standard InChI is InChI=1S/C6H12F2.C6H13F.C6H14O.C5H12.CH4/c1-5(2)4-6(3,7)8;1-5(2)4-6(3)7;1-6(2)4-5-7-3;1-4-5(2)3;/h5H,4H2,1-3H3;5-6H,4H2,1-3H3;6H,4-5H2,1-3H3;5H,4H2,1-3H3;1H4/i;;;4D2;. The van der Waals surface area contributed by atoms with Gasteiger partial charge in [-0.05, 0) is 50.4 Å². The minimum atomic E-state index is -2.48. The van der Waals surface area contributed by atoms with Crippen molar-refractivity contribution in [2.24, 2.45) is 23.7 Å². The Balaban J connectivity index is -0.0000000917. The van der Waals surface area contributed by atoms with Crippen molar-refractivity contribution in [2.45, 2.75) is 121 Å². The molecule has 0 radical (unpaired) electrons. The summed E-state index contributed by atoms with van der Waals surface area (Å²) in [6.45, 7) is 20.8. The third-order valence-electron chi connectivity index (χ3n) is 3.04. The molecule has 4 heteroatoms. The Hall–Kier alpha value is -0.250. The average Bonchev–Trinajstić information content (AvgIpc) is 2.41. The lowest BCUT2D eigenvalue weighted by atomic mass is 10.1. The molecule has 0 amide bonds. The molecule has 0 rings (SSSR count). The Morgan fingerprint density at radius 2 is 1.25 bits per heavy atom. The van der Waals surface area contributed by atoms with Crippen LogP contribution in [0, 0.1) is 23.7 Å². The molecular formula is C24H55F3O. The van der Waals surface area contributed by atoms with E-state index in [1.807, 2.05) is 27.7 Å². The molecule has 1 unspecified atom stereocenters. The van der Waals surface area contributed by atoms with Gasteiger partial charge in [0.25, 0.3) is 0 Å². The van der Waals surface area contributed by atoms with Crippen molar-refractivity contribution in [1.82, 2.24) is 0 Å². The maximum absolute atomic E-state index is 12.0. The molecule has 0 aromatic heterocycles. The van der Waals surface area contributed by atoms with E-state index < -0.39 is 18.5 Å². The lowest BCUT2D eigenvalue weighted by Gasteiger charge is -2.11. The summed E-state index contributed by atoms with van der Waals surface area (Å²) in [7, 11) is 1.74. The Kier molecular flexibility index (Phi) is 28.7. The first-order valence-electron chi connectivity index (χ1n) is 11.3. The van der Waals surface area contributed by atoms with Gasteiger partial charge in [-0.15, -0.1) is 0 Å². The maximum Gasteiger partial charge on any atom is 0.245 e. The van der Waals surface area contributed by atoms with Gasteiger partial charge in [0.05, 0.1) is 6.17 Å². The van der Waals surface area contributed by atoms with Gasteiger partial charge in [0.1, 0.15) is 0 Å². The first kappa shape index (κ1) is 32.4. The molecule has 0 bridgehead atoms. The van der Waals surface area contributed by atoms with Gasteiger partial charge in [-0.3, -0.25) is 0 Å². The predicted molar refractivity (Wildman–Crippen MR) is 123 cm³/mol. The van der Waals surface area contributed by atoms with Crippen molar-refractivity contribution < 1.29 is 20.6 Å². The smallest absolute Gasteiger partial charge is 0.245 e. The highest BCUT2D eigenvalue weighted by Gasteiger charge is 2.21. The number of methoxy groups -OCH3 is 1. The van der Waals surface area contributed by atoms with Crippen molar-refractivity contribution in [3.05, 3.63) is 0 Å². The molecule has 0 heterocycles. The van der Waals surface area contributed by atoms with Crippen LogP contribution < -0.4 is 0 Å². The van der Waals surface area contributed by atoms with Gasteiger partial charge in [-0.25, -0.2) is 13.2 Å². The number of ether oxygens (including phenoxy) is 1. The molecule has 0 aliphatic rings. The van der Waals surface area contributed by atoms with E-state index in [2.05, 4.69) is 13.8 Å². The van der Waals surface area contributed by atoms with Gasteiger partial charge in [0.15, 0.2) is 0 Å². The van der Waals surface area contributed by atoms with Crippen LogP contribution in [0.4, 0.5) is 13.2 Å². The van der Waals surface area contributed by atoms with Crippen LogP contribution in [-0.2, 0) is 4.74 Å². The molecule has 1 nitrogen and oxygen atoms in total. The van der Waals surface area contributed by atoms with Crippen LogP contribution in [0.25, 0.3) is 0 Å². The lowest BCUT2D eigenvalue weighted by molar-refractivity contribution is 0.000975. The fourth-order valence-electron chi connectivity index (χ4n) is 1.72. The Bertz CT molecular complexity index is 315. The maximum atomic E-state index is 12.0. The third-order valence-corrected chi connectivity index (χ3v) is 3.04. The summed E-state index contributed by atoms with van der Waals surface area (Å²) in [5.74, 6) is -0.976. The second-order valence-corrected chi connectivity index (χ2v) is 8.70. The van der Waals surface area contributed by atoms with E-state index in [0.29, 0.717) is 12.3 Å². The molecular weight excluding hydrogens is 361 g/mol. The number of hydrogen-bond acceptors (Lipinski definition) is 1. The highest BCUT2D eigenvalue weighted by molar-refractivity contribution is 4.59. The van der Waals surface area contributed by atoms with Crippen LogP contribution >= 0.6 is 0 Å². The van der Waals surface area contributed by atoms with Crippen molar-refractivity contribution >= 4 is 0 Å². The fraction of sp³-hybridized carbons (Fsp3) is 1.00. The van der Waals surface area contributed by atoms with Crippen molar-refractivity contribution in [3.8, 4) is 0 Å². The Morgan fingerprint density at radius 3 is 1.29 bits per heavy atom. The zero-order chi connectivity index (χ0) is 24.4. The van der Waals surface area contributed by atoms with Crippen molar-refractivity contribution in [3.63, 3.8) is 0 Å². The number of halogens is 3. The quantitative estimate of drug-likeness (QED) is 0.381. The van der Waals surface area contributed by atoms with Gasteiger partial charge in [0.2, 0.25) is 5.92 Å². The number of hydrogen-bond donors (Lipinski definition) is 0. The zero-order valence-electron chi connectivity index (χ0n) is 22.3. The van der Waals surface area contributed by atoms with Gasteiger partial charge in [0, 0.05) is 22.9 Å². The summed E-state index contributed by atoms with van der Waals surface area (Å²) >= 11 is 0. The normalized spacial score (nSPS) is 13.2. The molecule has 0 saturated carbocycles. The summed E-state index contributed by atoms with van der Waals surface area (Å²) < 4.78 is 54.9. The summed E-state index contributed by atoms with van der Waals surface area (Å²) in [6, 6.07) is 0. The monoisotopic (exact) mass is 418 g/mol. The molecule has 178 valence electrons. The summed E-state index contributed by atoms with van der Waals surface area (Å²) in [6.07, 6.45) is 0.240. The van der Waals surface area contributed by atoms with E-state index in [1.54, 1.807) is 34.8 Å². The van der Waals surface area contributed by atoms with Gasteiger partial charge in [-0.1, -0.05) is 76.1 Å². The van der Waals surface area contributed by atoms with Crippen molar-refractivity contribution in [2.75, 3.05) is 13.7 Å². The van der Waals surface area contributed by atoms with Crippen molar-refractivity contribution in [1.29, 1.82) is 0 Å². The SMILES string of the molecule is C.CC(C)CC(C)(F)F.CC(C)CC(C)F.COCCC(C)C.[2H]C([2H])(C)C(C)C. The van der Waals surface area contributed by atoms with E-state index in [9.17, 15) is 13.2 Å². The minimum absolute atomic E-state index is 0. The number of alkyl halides is 3. The second kappa shape index (κ2) is 24.8. The second-order valence-electron chi connectivity index (χ2n) is 8.70. The molecule has 0 aromatic carbocycles. The predicted octanol–water partition coefficient (Wildman–Crippen LogP) is 9.45. The molecule has 28 heavy (non-hydrogen) atoms. The topological polar surface area (TPSA) is 9.23 Å². The largest absolute Gasteiger partial charge is 0.385 e. The molecule has 0 N–H and O–H groups in total. The average molecular weight is 419 g/mol. The molecule has 0 aromatic rings. The van der Waals surface area contributed by atoms with E-state index in [1.165, 1.54) is 6.42 Å². The van der Waals surface area contributed by atoms with E-state index >= 15 is 0 Å². The van der Waals surface area contributed by atoms with E-state index in [4.69, 9.17) is 7.48 Å². The first-order chi connectivity index (χ1) is 12.8. The Morgan fingerprint density at radius 1 is 0.857 bits per heavy atom. The molecule has 0 aliphatic heterocycles. The molecule has 0 saturated heterocycles. The fourth-order valence-corrected chi connectivity index (χ4v) is 1.72. The van der Waals surface area contributed by atoms with Gasteiger partial charge < -0.3 is 4.74 Å². The molecule has 0 fully saturated rings. The summed E-state index contributed by atoms with van der Waals surface area (Å²) in [4.78, 5) is 0. The van der Waals surface area contributed by atoms with Crippen LogP contribution in [0.5, 0.6) is 0 Å². The lowest BCUT2D eigenvalue weighted by Crippen LogP contribution is -2.12. The number of rotatable bonds is 8. The van der Waals surface area contributed by atoms with E-state index in [0.717, 1.165) is 19.4 Å². The Labute approximate surface area is 180 Å². The van der Waals surface area contributed by atoms with Crippen LogP contribution in [0.3, 0.4) is 0 Å². The van der Waals surface area contributed by atoms with Crippen LogP contribution in [0.2, 0.25) is 0 Å². The summed E-state index contributed by atoms with van der Waals surface area (Å²) in [5.41, 5.74) is 0. The van der Waals surface area contributed by atoms with Crippen LogP contribution in [0.15, 0.2) is 0 Å². The van der Waals surface area contributed by atoms with Crippen LogP contribution in [-0.4, -0.2) is 25.8 Å². The minimum Gasteiger partial charge on any atom is -0.385 e. The molecule has 1 atom stereocenters. The molecule has 0 aliphatic carbocycles. The molecule has 0 spiro atoms. The third kappa shape index (κ3) is 72.5.